The number of hydrogen-bond donors (Lipinski definition) is 1. The minimum Gasteiger partial charge on any atom is -0.352 e. The van der Waals surface area contributed by atoms with Gasteiger partial charge in [0.05, 0.1) is 11.7 Å². The van der Waals surface area contributed by atoms with Crippen molar-refractivity contribution in [2.45, 2.75) is 45.2 Å². The molecule has 2 heterocycles. The fraction of sp³-hybridized carbons (Fsp3) is 0.348. The smallest absolute Gasteiger partial charge is 0.240 e. The molecule has 0 unspecified atom stereocenters. The maximum Gasteiger partial charge on any atom is 0.240 e. The number of halogens is 1. The number of fused-ring (bicyclic) bond motifs is 1. The first-order chi connectivity index (χ1) is 14.0. The topological polar surface area (TPSA) is 64.0 Å². The van der Waals surface area contributed by atoms with Crippen LogP contribution in [-0.2, 0) is 11.3 Å². The quantitative estimate of drug-likeness (QED) is 0.664. The average Bonchev–Trinajstić information content (AvgIpc) is 3.08. The Morgan fingerprint density at radius 3 is 2.69 bits per heavy atom. The van der Waals surface area contributed by atoms with E-state index in [0.717, 1.165) is 30.2 Å². The van der Waals surface area contributed by atoms with Gasteiger partial charge < -0.3 is 9.88 Å². The number of benzene rings is 1. The molecule has 5 nitrogen and oxygen atoms in total. The Kier molecular flexibility index (Phi) is 5.43. The minimum atomic E-state index is -0.387. The molecule has 1 fully saturated rings. The summed E-state index contributed by atoms with van der Waals surface area (Å²) >= 11 is 0. The van der Waals surface area contributed by atoms with E-state index < -0.39 is 0 Å². The predicted molar refractivity (Wildman–Crippen MR) is 109 cm³/mol. The van der Waals surface area contributed by atoms with Gasteiger partial charge in [0.15, 0.2) is 5.78 Å². The molecule has 6 heteroatoms. The average molecular weight is 393 g/mol. The van der Waals surface area contributed by atoms with E-state index in [4.69, 9.17) is 0 Å². The molecule has 1 aliphatic carbocycles. The summed E-state index contributed by atoms with van der Waals surface area (Å²) in [7, 11) is 0. The molecule has 2 atom stereocenters. The number of ketones is 1. The maximum atomic E-state index is 13.2. The van der Waals surface area contributed by atoms with E-state index in [2.05, 4.69) is 17.2 Å². The Morgan fingerprint density at radius 1 is 1.17 bits per heavy atom. The van der Waals surface area contributed by atoms with E-state index in [1.54, 1.807) is 29.2 Å². The lowest BCUT2D eigenvalue weighted by atomic mass is 9.86. The van der Waals surface area contributed by atoms with E-state index >= 15 is 0 Å². The first-order valence-corrected chi connectivity index (χ1v) is 10.1. The van der Waals surface area contributed by atoms with E-state index in [1.165, 1.54) is 30.7 Å². The van der Waals surface area contributed by atoms with E-state index in [9.17, 15) is 14.0 Å². The van der Waals surface area contributed by atoms with Crippen molar-refractivity contribution in [1.82, 2.24) is 14.9 Å². The van der Waals surface area contributed by atoms with Crippen molar-refractivity contribution in [2.24, 2.45) is 5.92 Å². The molecule has 3 aromatic rings. The fourth-order valence-electron chi connectivity index (χ4n) is 4.14. The van der Waals surface area contributed by atoms with Gasteiger partial charge in [0.2, 0.25) is 5.91 Å². The number of pyridine rings is 1. The molecule has 0 saturated heterocycles. The second-order valence-electron chi connectivity index (χ2n) is 7.84. The summed E-state index contributed by atoms with van der Waals surface area (Å²) in [6.07, 6.45) is 9.48. The van der Waals surface area contributed by atoms with Crippen LogP contribution in [0, 0.1) is 11.7 Å². The molecular weight excluding hydrogens is 369 g/mol. The first kappa shape index (κ1) is 19.3. The zero-order valence-electron chi connectivity index (χ0n) is 16.4. The molecule has 0 spiro atoms. The molecule has 1 amide bonds. The third kappa shape index (κ3) is 4.06. The highest BCUT2D eigenvalue weighted by Crippen LogP contribution is 2.25. The number of nitrogens with one attached hydrogen (secondary N) is 1. The van der Waals surface area contributed by atoms with Gasteiger partial charge >= 0.3 is 0 Å². The van der Waals surface area contributed by atoms with E-state index in [-0.39, 0.29) is 30.1 Å². The molecule has 1 saturated carbocycles. The van der Waals surface area contributed by atoms with Crippen LogP contribution < -0.4 is 5.32 Å². The Labute approximate surface area is 168 Å². The molecule has 0 bridgehead atoms. The van der Waals surface area contributed by atoms with E-state index in [0.29, 0.717) is 17.0 Å². The van der Waals surface area contributed by atoms with Crippen LogP contribution in [0.1, 0.15) is 48.5 Å². The van der Waals surface area contributed by atoms with Crippen LogP contribution in [0.3, 0.4) is 0 Å². The van der Waals surface area contributed by atoms with Crippen molar-refractivity contribution >= 4 is 22.6 Å². The molecule has 1 N–H and O–H groups in total. The van der Waals surface area contributed by atoms with Crippen LogP contribution in [0.5, 0.6) is 0 Å². The van der Waals surface area contributed by atoms with Gasteiger partial charge in [-0.15, -0.1) is 0 Å². The highest BCUT2D eigenvalue weighted by molar-refractivity contribution is 6.16. The Balaban J connectivity index is 1.59. The number of carbonyl (C=O) groups excluding carboxylic acids is 2. The van der Waals surface area contributed by atoms with Crippen LogP contribution in [0.4, 0.5) is 4.39 Å². The third-order valence-electron chi connectivity index (χ3n) is 5.81. The summed E-state index contributed by atoms with van der Waals surface area (Å²) in [4.78, 5) is 29.8. The van der Waals surface area contributed by atoms with Gasteiger partial charge in [-0.05, 0) is 49.1 Å². The summed E-state index contributed by atoms with van der Waals surface area (Å²) in [5, 5.41) is 3.88. The monoisotopic (exact) mass is 393 g/mol. The van der Waals surface area contributed by atoms with Crippen LogP contribution in [0.2, 0.25) is 0 Å². The van der Waals surface area contributed by atoms with Crippen LogP contribution >= 0.6 is 0 Å². The second-order valence-corrected chi connectivity index (χ2v) is 7.84. The van der Waals surface area contributed by atoms with Gasteiger partial charge in [0, 0.05) is 34.9 Å². The van der Waals surface area contributed by atoms with Crippen molar-refractivity contribution in [3.8, 4) is 0 Å². The Hall–Kier alpha value is -3.02. The molecular formula is C23H24FN3O2. The highest BCUT2D eigenvalue weighted by Gasteiger charge is 2.24. The lowest BCUT2D eigenvalue weighted by molar-refractivity contribution is -0.122. The Bertz CT molecular complexity index is 1040. The van der Waals surface area contributed by atoms with Crippen molar-refractivity contribution in [1.29, 1.82) is 0 Å². The van der Waals surface area contributed by atoms with Crippen molar-refractivity contribution < 1.29 is 14.0 Å². The van der Waals surface area contributed by atoms with Crippen molar-refractivity contribution in [2.75, 3.05) is 0 Å². The van der Waals surface area contributed by atoms with E-state index in [1.807, 2.05) is 0 Å². The number of hydrogen-bond acceptors (Lipinski definition) is 3. The number of nitrogens with zero attached hydrogens (tertiary/aromatic N) is 2. The highest BCUT2D eigenvalue weighted by atomic mass is 19.1. The van der Waals surface area contributed by atoms with Gasteiger partial charge in [-0.3, -0.25) is 14.6 Å². The molecule has 29 heavy (non-hydrogen) atoms. The van der Waals surface area contributed by atoms with Gasteiger partial charge in [-0.25, -0.2) is 4.39 Å². The van der Waals surface area contributed by atoms with Crippen LogP contribution in [0.15, 0.2) is 48.9 Å². The molecule has 0 radical (unpaired) electrons. The van der Waals surface area contributed by atoms with Crippen molar-refractivity contribution in [3.05, 3.63) is 65.9 Å². The van der Waals surface area contributed by atoms with Gasteiger partial charge in [0.1, 0.15) is 12.4 Å². The van der Waals surface area contributed by atoms with Gasteiger partial charge in [-0.2, -0.15) is 0 Å². The number of carbonyl (C=O) groups is 2. The number of aromatic nitrogens is 2. The summed E-state index contributed by atoms with van der Waals surface area (Å²) in [6, 6.07) is 7.46. The van der Waals surface area contributed by atoms with Gasteiger partial charge in [-0.1, -0.05) is 19.8 Å². The first-order valence-electron chi connectivity index (χ1n) is 10.1. The van der Waals surface area contributed by atoms with Crippen molar-refractivity contribution in [3.63, 3.8) is 0 Å². The summed E-state index contributed by atoms with van der Waals surface area (Å²) in [5.74, 6) is -0.181. The fourth-order valence-corrected chi connectivity index (χ4v) is 4.14. The van der Waals surface area contributed by atoms with Crippen LogP contribution in [-0.4, -0.2) is 27.3 Å². The van der Waals surface area contributed by atoms with Gasteiger partial charge in [0.25, 0.3) is 0 Å². The summed E-state index contributed by atoms with van der Waals surface area (Å²) < 4.78 is 15.0. The predicted octanol–water partition coefficient (Wildman–Crippen LogP) is 4.10. The van der Waals surface area contributed by atoms with Crippen LogP contribution in [0.25, 0.3) is 10.9 Å². The standard InChI is InChI=1S/C23H24FN3O2/c1-15-4-2-3-5-20(15)26-22(28)14-27-13-19(18-10-11-25-12-21(18)27)23(29)16-6-8-17(24)9-7-16/h6-13,15,20H,2-5,14H2,1H3,(H,26,28)/t15-,20+/m0/s1. The number of amides is 1. The zero-order valence-corrected chi connectivity index (χ0v) is 16.4. The zero-order chi connectivity index (χ0) is 20.4. The Morgan fingerprint density at radius 2 is 1.93 bits per heavy atom. The maximum absolute atomic E-state index is 13.2. The molecule has 0 aliphatic heterocycles. The third-order valence-corrected chi connectivity index (χ3v) is 5.81. The molecule has 1 aliphatic rings. The SMILES string of the molecule is C[C@H]1CCCC[C@H]1NC(=O)Cn1cc(C(=O)c2ccc(F)cc2)c2ccncc21. The lowest BCUT2D eigenvalue weighted by Gasteiger charge is -2.29. The largest absolute Gasteiger partial charge is 0.352 e. The lowest BCUT2D eigenvalue weighted by Crippen LogP contribution is -2.42. The molecule has 2 aromatic heterocycles. The minimum absolute atomic E-state index is 0.0646. The molecule has 150 valence electrons. The molecule has 4 rings (SSSR count). The summed E-state index contributed by atoms with van der Waals surface area (Å²) in [5.41, 5.74) is 1.61. The normalized spacial score (nSPS) is 19.2. The summed E-state index contributed by atoms with van der Waals surface area (Å²) in [6.45, 7) is 2.31. The number of rotatable bonds is 5. The molecule has 1 aromatic carbocycles. The second kappa shape index (κ2) is 8.15.